The van der Waals surface area contributed by atoms with Crippen LogP contribution in [0.1, 0.15) is 37.8 Å². The first kappa shape index (κ1) is 19.8. The quantitative estimate of drug-likeness (QED) is 0.527. The van der Waals surface area contributed by atoms with Gasteiger partial charge in [-0.2, -0.15) is 11.8 Å². The Morgan fingerprint density at radius 2 is 2.12 bits per heavy atom. The van der Waals surface area contributed by atoms with Gasteiger partial charge in [0, 0.05) is 35.3 Å². The second kappa shape index (κ2) is 10.4. The van der Waals surface area contributed by atoms with Crippen molar-refractivity contribution in [1.29, 1.82) is 0 Å². The summed E-state index contributed by atoms with van der Waals surface area (Å²) in [7, 11) is 0. The zero-order valence-electron chi connectivity index (χ0n) is 14.7. The lowest BCUT2D eigenvalue weighted by Crippen LogP contribution is -2.41. The highest BCUT2D eigenvalue weighted by atomic mass is 35.5. The zero-order valence-corrected chi connectivity index (χ0v) is 16.3. The van der Waals surface area contributed by atoms with Crippen LogP contribution in [0.3, 0.4) is 0 Å². The maximum atomic E-state index is 11.2. The number of benzene rings is 1. The summed E-state index contributed by atoms with van der Waals surface area (Å²) in [6.07, 6.45) is 6.38. The second-order valence-corrected chi connectivity index (χ2v) is 8.32. The summed E-state index contributed by atoms with van der Waals surface area (Å²) in [4.78, 5) is 13.7. The predicted octanol–water partition coefficient (Wildman–Crippen LogP) is 4.02. The Hall–Kier alpha value is -0.550. The molecule has 24 heavy (non-hydrogen) atoms. The molecule has 0 spiro atoms. The van der Waals surface area contributed by atoms with Crippen molar-refractivity contribution >= 4 is 29.6 Å². The van der Waals surface area contributed by atoms with E-state index in [2.05, 4.69) is 35.5 Å². The topological polar surface area (TPSA) is 32.3 Å². The summed E-state index contributed by atoms with van der Waals surface area (Å²) in [6.45, 7) is 6.34. The molecule has 134 valence electrons. The fourth-order valence-electron chi connectivity index (χ4n) is 3.24. The van der Waals surface area contributed by atoms with Crippen LogP contribution in [0.5, 0.6) is 0 Å². The largest absolute Gasteiger partial charge is 0.315 e. The molecule has 1 heterocycles. The van der Waals surface area contributed by atoms with E-state index in [9.17, 15) is 4.79 Å². The molecule has 0 saturated carbocycles. The van der Waals surface area contributed by atoms with Crippen LogP contribution >= 0.6 is 23.4 Å². The number of nitrogens with zero attached hydrogens (tertiary/aromatic N) is 1. The summed E-state index contributed by atoms with van der Waals surface area (Å²) in [5.41, 5.74) is 1.27. The average molecular weight is 369 g/mol. The van der Waals surface area contributed by atoms with Crippen LogP contribution in [0, 0.1) is 5.92 Å². The number of rotatable bonds is 9. The number of halogens is 1. The Morgan fingerprint density at radius 3 is 2.79 bits per heavy atom. The molecule has 0 aliphatic carbocycles. The van der Waals surface area contributed by atoms with Gasteiger partial charge in [-0.1, -0.05) is 30.7 Å². The summed E-state index contributed by atoms with van der Waals surface area (Å²) in [5.74, 6) is 0.178. The first-order chi connectivity index (χ1) is 11.6. The van der Waals surface area contributed by atoms with Crippen LogP contribution < -0.4 is 5.32 Å². The Morgan fingerprint density at radius 1 is 1.38 bits per heavy atom. The molecule has 1 aliphatic rings. The van der Waals surface area contributed by atoms with Gasteiger partial charge in [-0.25, -0.2) is 0 Å². The number of hydrogen-bond donors (Lipinski definition) is 1. The van der Waals surface area contributed by atoms with Gasteiger partial charge < -0.3 is 10.1 Å². The summed E-state index contributed by atoms with van der Waals surface area (Å²) in [6, 6.07) is 8.41. The minimum atomic E-state index is 0.178. The Balaban J connectivity index is 1.88. The van der Waals surface area contributed by atoms with Crippen LogP contribution in [-0.4, -0.2) is 48.9 Å². The van der Waals surface area contributed by atoms with Crippen LogP contribution in [0.2, 0.25) is 5.02 Å². The lowest BCUT2D eigenvalue weighted by Gasteiger charge is -2.38. The number of carbonyl (C=O) groups excluding carboxylic acids is 1. The lowest BCUT2D eigenvalue weighted by molar-refractivity contribution is -0.113. The molecule has 1 aliphatic heterocycles. The molecule has 0 amide bonds. The third kappa shape index (κ3) is 6.07. The van der Waals surface area contributed by atoms with Gasteiger partial charge in [0.1, 0.15) is 6.29 Å². The van der Waals surface area contributed by atoms with Crippen molar-refractivity contribution in [3.63, 3.8) is 0 Å². The average Bonchev–Trinajstić information content (AvgIpc) is 2.62. The maximum absolute atomic E-state index is 11.2. The van der Waals surface area contributed by atoms with E-state index in [4.69, 9.17) is 11.6 Å². The normalized spacial score (nSPS) is 23.1. The van der Waals surface area contributed by atoms with Gasteiger partial charge in [0.25, 0.3) is 0 Å². The SMILES string of the molecule is CSC(C)CCNCCN1CCC(C=O)CC1c1ccc(Cl)cc1. The number of carbonyl (C=O) groups is 1. The molecule has 0 radical (unpaired) electrons. The lowest BCUT2D eigenvalue weighted by atomic mass is 9.88. The van der Waals surface area contributed by atoms with Crippen molar-refractivity contribution < 1.29 is 4.79 Å². The van der Waals surface area contributed by atoms with Crippen molar-refractivity contribution in [3.8, 4) is 0 Å². The van der Waals surface area contributed by atoms with E-state index in [-0.39, 0.29) is 5.92 Å². The van der Waals surface area contributed by atoms with E-state index >= 15 is 0 Å². The number of likely N-dealkylation sites (tertiary alicyclic amines) is 1. The van der Waals surface area contributed by atoms with E-state index in [1.54, 1.807) is 0 Å². The van der Waals surface area contributed by atoms with Gasteiger partial charge in [-0.05, 0) is 56.3 Å². The van der Waals surface area contributed by atoms with Gasteiger partial charge >= 0.3 is 0 Å². The molecular weight excluding hydrogens is 340 g/mol. The predicted molar refractivity (Wildman–Crippen MR) is 105 cm³/mol. The van der Waals surface area contributed by atoms with E-state index in [0.717, 1.165) is 50.3 Å². The van der Waals surface area contributed by atoms with Crippen LogP contribution in [-0.2, 0) is 4.79 Å². The zero-order chi connectivity index (χ0) is 17.4. The molecule has 1 aromatic carbocycles. The standard InChI is InChI=1S/C19H29ClN2OS/c1-15(24-2)7-9-21-10-12-22-11-8-16(14-23)13-19(22)17-3-5-18(20)6-4-17/h3-6,14-16,19,21H,7-13H2,1-2H3. The molecule has 1 N–H and O–H groups in total. The molecule has 3 nitrogen and oxygen atoms in total. The molecular formula is C19H29ClN2OS. The van der Waals surface area contributed by atoms with Crippen LogP contribution in [0.15, 0.2) is 24.3 Å². The van der Waals surface area contributed by atoms with Crippen molar-refractivity contribution in [2.24, 2.45) is 5.92 Å². The maximum Gasteiger partial charge on any atom is 0.123 e. The van der Waals surface area contributed by atoms with E-state index < -0.39 is 0 Å². The minimum Gasteiger partial charge on any atom is -0.315 e. The smallest absolute Gasteiger partial charge is 0.123 e. The first-order valence-corrected chi connectivity index (χ1v) is 10.5. The second-order valence-electron chi connectivity index (χ2n) is 6.61. The number of piperidine rings is 1. The fourth-order valence-corrected chi connectivity index (χ4v) is 3.71. The summed E-state index contributed by atoms with van der Waals surface area (Å²) >= 11 is 7.94. The number of hydrogen-bond acceptors (Lipinski definition) is 4. The third-order valence-corrected chi connectivity index (χ3v) is 6.20. The minimum absolute atomic E-state index is 0.178. The molecule has 1 saturated heterocycles. The van der Waals surface area contributed by atoms with E-state index in [0.29, 0.717) is 11.3 Å². The first-order valence-electron chi connectivity index (χ1n) is 8.82. The van der Waals surface area contributed by atoms with Crippen molar-refractivity contribution in [1.82, 2.24) is 10.2 Å². The van der Waals surface area contributed by atoms with Gasteiger partial charge in [-0.3, -0.25) is 4.90 Å². The van der Waals surface area contributed by atoms with Crippen molar-refractivity contribution in [2.75, 3.05) is 32.4 Å². The van der Waals surface area contributed by atoms with E-state index in [1.165, 1.54) is 12.0 Å². The molecule has 3 atom stereocenters. The number of aldehydes is 1. The molecule has 3 unspecified atom stereocenters. The molecule has 1 fully saturated rings. The Kier molecular flexibility index (Phi) is 8.60. The summed E-state index contributed by atoms with van der Waals surface area (Å²) in [5, 5.41) is 5.03. The molecule has 0 aromatic heterocycles. The molecule has 2 rings (SSSR count). The van der Waals surface area contributed by atoms with Crippen molar-refractivity contribution in [2.45, 2.75) is 37.5 Å². The highest BCUT2D eigenvalue weighted by molar-refractivity contribution is 7.99. The summed E-state index contributed by atoms with van der Waals surface area (Å²) < 4.78 is 0. The highest BCUT2D eigenvalue weighted by Gasteiger charge is 2.28. The Labute approximate surface area is 155 Å². The highest BCUT2D eigenvalue weighted by Crippen LogP contribution is 2.33. The molecule has 0 bridgehead atoms. The van der Waals surface area contributed by atoms with Crippen LogP contribution in [0.4, 0.5) is 0 Å². The third-order valence-electron chi connectivity index (χ3n) is 4.91. The van der Waals surface area contributed by atoms with Gasteiger partial charge in [-0.15, -0.1) is 0 Å². The molecule has 1 aromatic rings. The monoisotopic (exact) mass is 368 g/mol. The van der Waals surface area contributed by atoms with Gasteiger partial charge in [0.2, 0.25) is 0 Å². The van der Waals surface area contributed by atoms with Gasteiger partial charge in [0.15, 0.2) is 0 Å². The number of nitrogens with one attached hydrogen (secondary N) is 1. The van der Waals surface area contributed by atoms with Gasteiger partial charge in [0.05, 0.1) is 0 Å². The van der Waals surface area contributed by atoms with Crippen LogP contribution in [0.25, 0.3) is 0 Å². The van der Waals surface area contributed by atoms with E-state index in [1.807, 2.05) is 23.9 Å². The Bertz CT molecular complexity index is 497. The van der Waals surface area contributed by atoms with Crippen molar-refractivity contribution in [3.05, 3.63) is 34.9 Å². The number of thioether (sulfide) groups is 1. The molecule has 5 heteroatoms. The fraction of sp³-hybridized carbons (Fsp3) is 0.632.